The predicted molar refractivity (Wildman–Crippen MR) is 122 cm³/mol. The molecule has 4 nitrogen and oxygen atoms in total. The van der Waals surface area contributed by atoms with Crippen LogP contribution in [0.2, 0.25) is 18.1 Å². The zero-order valence-corrected chi connectivity index (χ0v) is 20.0. The number of methoxy groups -OCH3 is 1. The van der Waals surface area contributed by atoms with Crippen molar-refractivity contribution in [3.8, 4) is 17.6 Å². The summed E-state index contributed by atoms with van der Waals surface area (Å²) in [4.78, 5) is 10.4. The van der Waals surface area contributed by atoms with Gasteiger partial charge >= 0.3 is 0 Å². The summed E-state index contributed by atoms with van der Waals surface area (Å²) in [7, 11) is -0.180. The second-order valence-corrected chi connectivity index (χ2v) is 13.5. The van der Waals surface area contributed by atoms with Crippen molar-refractivity contribution in [1.82, 2.24) is 0 Å². The maximum absolute atomic E-state index is 10.4. The van der Waals surface area contributed by atoms with Crippen molar-refractivity contribution in [2.75, 3.05) is 13.7 Å². The van der Waals surface area contributed by atoms with Gasteiger partial charge in [-0.15, -0.1) is 11.8 Å². The Kier molecular flexibility index (Phi) is 11.3. The van der Waals surface area contributed by atoms with Crippen LogP contribution < -0.4 is 4.74 Å². The fourth-order valence-corrected chi connectivity index (χ4v) is 3.95. The lowest BCUT2D eigenvalue weighted by Gasteiger charge is -2.39. The molecule has 0 unspecified atom stereocenters. The fourth-order valence-electron chi connectivity index (χ4n) is 2.52. The monoisotopic (exact) mass is 418 g/mol. The number of carbonyl (C=O) groups excluding carboxylic acids is 1. The van der Waals surface area contributed by atoms with E-state index >= 15 is 0 Å². The topological polar surface area (TPSA) is 44.8 Å². The van der Waals surface area contributed by atoms with Crippen LogP contribution in [-0.4, -0.2) is 34.4 Å². The second kappa shape index (κ2) is 12.8. The Balaban J connectivity index is 2.54. The van der Waals surface area contributed by atoms with Crippen molar-refractivity contribution in [2.24, 2.45) is 0 Å². The number of hydrogen-bond donors (Lipinski definition) is 0. The van der Waals surface area contributed by atoms with Gasteiger partial charge in [0.2, 0.25) is 0 Å². The van der Waals surface area contributed by atoms with Gasteiger partial charge in [-0.3, -0.25) is 0 Å². The molecular formula is C24H38O4Si. The lowest BCUT2D eigenvalue weighted by Crippen LogP contribution is -2.44. The van der Waals surface area contributed by atoms with E-state index in [1.54, 1.807) is 7.11 Å². The van der Waals surface area contributed by atoms with E-state index in [4.69, 9.17) is 13.9 Å². The highest BCUT2D eigenvalue weighted by Gasteiger charge is 2.38. The van der Waals surface area contributed by atoms with Crippen LogP contribution in [0.4, 0.5) is 0 Å². The van der Waals surface area contributed by atoms with E-state index in [9.17, 15) is 4.79 Å². The van der Waals surface area contributed by atoms with Gasteiger partial charge in [-0.25, -0.2) is 0 Å². The van der Waals surface area contributed by atoms with Crippen molar-refractivity contribution < 1.29 is 18.7 Å². The quantitative estimate of drug-likeness (QED) is 0.187. The number of ether oxygens (including phenoxy) is 2. The molecule has 0 heterocycles. The second-order valence-electron chi connectivity index (χ2n) is 8.79. The Morgan fingerprint density at radius 2 is 1.72 bits per heavy atom. The highest BCUT2D eigenvalue weighted by Crippen LogP contribution is 2.38. The van der Waals surface area contributed by atoms with Crippen molar-refractivity contribution in [2.45, 2.75) is 83.7 Å². The highest BCUT2D eigenvalue weighted by molar-refractivity contribution is 6.74. The first-order valence-corrected chi connectivity index (χ1v) is 13.4. The Morgan fingerprint density at radius 1 is 1.07 bits per heavy atom. The number of carbonyl (C=O) groups is 1. The van der Waals surface area contributed by atoms with Crippen LogP contribution in [0, 0.1) is 11.8 Å². The molecule has 5 heteroatoms. The van der Waals surface area contributed by atoms with E-state index in [1.165, 1.54) is 0 Å². The van der Waals surface area contributed by atoms with E-state index in [0.717, 1.165) is 36.9 Å². The van der Waals surface area contributed by atoms with Gasteiger partial charge < -0.3 is 18.7 Å². The molecule has 0 amide bonds. The fraction of sp³-hybridized carbons (Fsp3) is 0.625. The molecule has 0 saturated carbocycles. The number of benzene rings is 1. The number of unbranched alkanes of at least 4 members (excludes halogenated alkanes) is 1. The first kappa shape index (κ1) is 25.4. The SMILES string of the molecule is COc1ccc(COCC[C@@H](CCC#CCCC=O)O[Si](C)(C)C(C)(C)C)cc1. The highest BCUT2D eigenvalue weighted by atomic mass is 28.4. The molecule has 0 aromatic heterocycles. The van der Waals surface area contributed by atoms with E-state index in [-0.39, 0.29) is 11.1 Å². The molecule has 0 saturated heterocycles. The Hall–Kier alpha value is -1.61. The summed E-state index contributed by atoms with van der Waals surface area (Å²) >= 11 is 0. The van der Waals surface area contributed by atoms with Crippen molar-refractivity contribution in [1.29, 1.82) is 0 Å². The number of rotatable bonds is 12. The number of aldehydes is 1. The Labute approximate surface area is 178 Å². The van der Waals surface area contributed by atoms with E-state index in [1.807, 2.05) is 24.3 Å². The molecule has 0 aliphatic carbocycles. The molecular weight excluding hydrogens is 380 g/mol. The molecule has 0 spiro atoms. The molecule has 0 radical (unpaired) electrons. The third-order valence-corrected chi connectivity index (χ3v) is 9.92. The average molecular weight is 419 g/mol. The minimum atomic E-state index is -1.85. The summed E-state index contributed by atoms with van der Waals surface area (Å²) in [5.41, 5.74) is 1.13. The average Bonchev–Trinajstić information content (AvgIpc) is 2.67. The molecule has 1 rings (SSSR count). The maximum atomic E-state index is 10.4. The Bertz CT molecular complexity index is 650. The van der Waals surface area contributed by atoms with Crippen LogP contribution in [-0.2, 0) is 20.6 Å². The lowest BCUT2D eigenvalue weighted by molar-refractivity contribution is -0.107. The van der Waals surface area contributed by atoms with Gasteiger partial charge in [0.1, 0.15) is 12.0 Å². The van der Waals surface area contributed by atoms with Crippen molar-refractivity contribution in [3.63, 3.8) is 0 Å². The molecule has 0 aliphatic heterocycles. The molecule has 0 aliphatic rings. The molecule has 1 aromatic carbocycles. The van der Waals surface area contributed by atoms with E-state index < -0.39 is 8.32 Å². The lowest BCUT2D eigenvalue weighted by atomic mass is 10.1. The molecule has 1 aromatic rings. The van der Waals surface area contributed by atoms with Crippen LogP contribution in [0.25, 0.3) is 0 Å². The smallest absolute Gasteiger partial charge is 0.192 e. The van der Waals surface area contributed by atoms with Crippen LogP contribution in [0.3, 0.4) is 0 Å². The van der Waals surface area contributed by atoms with Crippen LogP contribution in [0.5, 0.6) is 5.75 Å². The first-order valence-electron chi connectivity index (χ1n) is 10.5. The molecule has 162 valence electrons. The molecule has 0 N–H and O–H groups in total. The molecule has 0 bridgehead atoms. The summed E-state index contributed by atoms with van der Waals surface area (Å²) in [6.45, 7) is 12.6. The van der Waals surface area contributed by atoms with Crippen LogP contribution in [0.1, 0.15) is 58.4 Å². The summed E-state index contributed by atoms with van der Waals surface area (Å²) in [5, 5.41) is 0.171. The zero-order valence-electron chi connectivity index (χ0n) is 19.0. The predicted octanol–water partition coefficient (Wildman–Crippen LogP) is 5.76. The van der Waals surface area contributed by atoms with Crippen molar-refractivity contribution in [3.05, 3.63) is 29.8 Å². The molecule has 0 fully saturated rings. The molecule has 29 heavy (non-hydrogen) atoms. The molecule has 1 atom stereocenters. The Morgan fingerprint density at radius 3 is 2.31 bits per heavy atom. The third kappa shape index (κ3) is 10.1. The maximum Gasteiger partial charge on any atom is 0.192 e. The van der Waals surface area contributed by atoms with E-state index in [2.05, 4.69) is 45.7 Å². The summed E-state index contributed by atoms with van der Waals surface area (Å²) in [6.07, 6.45) is 4.75. The van der Waals surface area contributed by atoms with Crippen molar-refractivity contribution >= 4 is 14.6 Å². The largest absolute Gasteiger partial charge is 0.497 e. The zero-order chi connectivity index (χ0) is 21.8. The minimum Gasteiger partial charge on any atom is -0.497 e. The van der Waals surface area contributed by atoms with Gasteiger partial charge in [-0.1, -0.05) is 32.9 Å². The van der Waals surface area contributed by atoms with E-state index in [0.29, 0.717) is 26.1 Å². The van der Waals surface area contributed by atoms with Crippen LogP contribution in [0.15, 0.2) is 24.3 Å². The first-order chi connectivity index (χ1) is 13.7. The summed E-state index contributed by atoms with van der Waals surface area (Å²) < 4.78 is 17.7. The normalized spacial score (nSPS) is 12.8. The standard InChI is InChI=1S/C24H38O4Si/c1-24(2,3)29(5,6)28-23(12-10-8-7-9-11-18-25)17-19-27-20-21-13-15-22(26-4)16-14-21/h13-16,18,23H,9-12,17,19-20H2,1-6H3/t23-/m1/s1. The third-order valence-electron chi connectivity index (χ3n) is 5.38. The van der Waals surface area contributed by atoms with Gasteiger partial charge in [-0.2, -0.15) is 0 Å². The summed E-state index contributed by atoms with van der Waals surface area (Å²) in [6, 6.07) is 7.95. The number of hydrogen-bond acceptors (Lipinski definition) is 4. The van der Waals surface area contributed by atoms with Crippen LogP contribution >= 0.6 is 0 Å². The van der Waals surface area contributed by atoms with Gasteiger partial charge in [0.15, 0.2) is 8.32 Å². The minimum absolute atomic E-state index is 0.145. The van der Waals surface area contributed by atoms with Gasteiger partial charge in [0.25, 0.3) is 0 Å². The van der Waals surface area contributed by atoms with Gasteiger partial charge in [0, 0.05) is 32.0 Å². The van der Waals surface area contributed by atoms with Gasteiger partial charge in [0.05, 0.1) is 13.7 Å². The van der Waals surface area contributed by atoms with Gasteiger partial charge in [-0.05, 0) is 48.7 Å². The summed E-state index contributed by atoms with van der Waals surface area (Å²) in [5.74, 6) is 7.09.